The van der Waals surface area contributed by atoms with Gasteiger partial charge in [0, 0.05) is 0 Å². The summed E-state index contributed by atoms with van der Waals surface area (Å²) in [5, 5.41) is 8.03. The Hall–Kier alpha value is 0.0500. The zero-order chi connectivity index (χ0) is 5.70. The van der Waals surface area contributed by atoms with Gasteiger partial charge in [-0.15, -0.1) is 0 Å². The lowest BCUT2D eigenvalue weighted by molar-refractivity contribution is -0.172. The molecule has 0 aromatic heterocycles. The van der Waals surface area contributed by atoms with Crippen LogP contribution in [0.2, 0.25) is 0 Å². The molecule has 0 amide bonds. The summed E-state index contributed by atoms with van der Waals surface area (Å²) >= 11 is 0. The molecule has 0 fully saturated rings. The molecule has 1 unspecified atom stereocenters. The van der Waals surface area contributed by atoms with Crippen LogP contribution < -0.4 is 4.89 Å². The lowest BCUT2D eigenvalue weighted by Crippen LogP contribution is -1.97. The van der Waals surface area contributed by atoms with Crippen LogP contribution in [0.25, 0.3) is 0 Å². The highest BCUT2D eigenvalue weighted by Gasteiger charge is 1.87. The third-order valence-electron chi connectivity index (χ3n) is 0.327. The SMILES string of the molecule is C=[P+]([O-])OCCO. The van der Waals surface area contributed by atoms with Gasteiger partial charge < -0.3 is 10.00 Å². The molecule has 1 N–H and O–H groups in total. The number of aliphatic hydroxyl groups excluding tert-OH is 1. The Labute approximate surface area is 43.1 Å². The molecule has 0 saturated heterocycles. The number of rotatable bonds is 3. The molecule has 0 aliphatic rings. The van der Waals surface area contributed by atoms with E-state index in [9.17, 15) is 4.89 Å². The zero-order valence-corrected chi connectivity index (χ0v) is 4.73. The van der Waals surface area contributed by atoms with E-state index in [1.807, 2.05) is 0 Å². The Morgan fingerprint density at radius 2 is 2.43 bits per heavy atom. The summed E-state index contributed by atoms with van der Waals surface area (Å²) in [7, 11) is -1.77. The standard InChI is InChI=1S/C3H7O3P/c1-7(5)6-3-2-4/h4H,1-3H2. The second kappa shape index (κ2) is 4.22. The molecule has 0 aliphatic heterocycles. The third kappa shape index (κ3) is 6.05. The van der Waals surface area contributed by atoms with Crippen molar-refractivity contribution in [2.45, 2.75) is 0 Å². The van der Waals surface area contributed by atoms with Gasteiger partial charge in [0.25, 0.3) is 0 Å². The zero-order valence-electron chi connectivity index (χ0n) is 3.83. The van der Waals surface area contributed by atoms with Crippen LogP contribution in [0.3, 0.4) is 0 Å². The van der Waals surface area contributed by atoms with Crippen LogP contribution in [0.1, 0.15) is 0 Å². The van der Waals surface area contributed by atoms with Crippen molar-refractivity contribution in [1.82, 2.24) is 0 Å². The van der Waals surface area contributed by atoms with Gasteiger partial charge in [-0.05, 0) is 0 Å². The van der Waals surface area contributed by atoms with Crippen molar-refractivity contribution in [2.24, 2.45) is 0 Å². The van der Waals surface area contributed by atoms with Gasteiger partial charge in [-0.25, -0.2) is 0 Å². The van der Waals surface area contributed by atoms with E-state index in [0.29, 0.717) is 0 Å². The highest BCUT2D eigenvalue weighted by atomic mass is 31.1. The second-order valence-corrected chi connectivity index (χ2v) is 1.81. The van der Waals surface area contributed by atoms with Crippen LogP contribution in [-0.2, 0) is 4.52 Å². The molecule has 0 radical (unpaired) electrons. The van der Waals surface area contributed by atoms with Gasteiger partial charge in [-0.3, -0.25) is 0 Å². The van der Waals surface area contributed by atoms with Crippen molar-refractivity contribution in [1.29, 1.82) is 0 Å². The first-order valence-electron chi connectivity index (χ1n) is 1.79. The molecule has 0 spiro atoms. The maximum absolute atomic E-state index is 9.91. The first-order valence-corrected chi connectivity index (χ1v) is 3.15. The largest absolute Gasteiger partial charge is 0.603 e. The van der Waals surface area contributed by atoms with Crippen molar-refractivity contribution in [2.75, 3.05) is 13.2 Å². The fourth-order valence-corrected chi connectivity index (χ4v) is 0.428. The predicted octanol–water partition coefficient (Wildman–Crippen LogP) is -0.901. The summed E-state index contributed by atoms with van der Waals surface area (Å²) in [6.45, 7) is 0.00922. The molecule has 4 heteroatoms. The molecule has 0 heterocycles. The molecule has 0 saturated carbocycles. The molecule has 42 valence electrons. The van der Waals surface area contributed by atoms with Crippen molar-refractivity contribution >= 4 is 14.3 Å². The maximum Gasteiger partial charge on any atom is 0.213 e. The Morgan fingerprint density at radius 1 is 1.86 bits per heavy atom. The number of hydrogen-bond donors (Lipinski definition) is 1. The lowest BCUT2D eigenvalue weighted by atomic mass is 10.8. The molecule has 0 rings (SSSR count). The van der Waals surface area contributed by atoms with Gasteiger partial charge >= 0.3 is 0 Å². The maximum atomic E-state index is 9.91. The smallest absolute Gasteiger partial charge is 0.213 e. The summed E-state index contributed by atoms with van der Waals surface area (Å²) in [6, 6.07) is 0. The number of aliphatic hydroxyl groups is 1. The minimum absolute atomic E-state index is 0.101. The summed E-state index contributed by atoms with van der Waals surface area (Å²) in [4.78, 5) is 9.91. The summed E-state index contributed by atoms with van der Waals surface area (Å²) in [5.74, 6) is 0. The van der Waals surface area contributed by atoms with E-state index < -0.39 is 8.00 Å². The quantitative estimate of drug-likeness (QED) is 0.493. The Bertz CT molecular complexity index is 63.2. The van der Waals surface area contributed by atoms with Gasteiger partial charge in [0.2, 0.25) is 8.00 Å². The second-order valence-electron chi connectivity index (χ2n) is 0.890. The Balaban J connectivity index is 2.82. The van der Waals surface area contributed by atoms with Crippen LogP contribution in [0.4, 0.5) is 0 Å². The molecule has 0 aromatic rings. The first kappa shape index (κ1) is 7.05. The van der Waals surface area contributed by atoms with E-state index >= 15 is 0 Å². The fraction of sp³-hybridized carbons (Fsp3) is 0.667. The van der Waals surface area contributed by atoms with Gasteiger partial charge in [0.05, 0.1) is 6.61 Å². The van der Waals surface area contributed by atoms with Crippen LogP contribution in [0.15, 0.2) is 0 Å². The minimum atomic E-state index is -1.77. The van der Waals surface area contributed by atoms with Gasteiger partial charge in [-0.1, -0.05) is 0 Å². The van der Waals surface area contributed by atoms with E-state index in [2.05, 4.69) is 10.8 Å². The average Bonchev–Trinajstić information content (AvgIpc) is 1.61. The van der Waals surface area contributed by atoms with E-state index in [1.165, 1.54) is 0 Å². The van der Waals surface area contributed by atoms with Crippen LogP contribution in [-0.4, -0.2) is 24.6 Å². The van der Waals surface area contributed by atoms with Crippen molar-refractivity contribution in [3.05, 3.63) is 0 Å². The van der Waals surface area contributed by atoms with Gasteiger partial charge in [0.15, 0.2) is 0 Å². The van der Waals surface area contributed by atoms with Crippen molar-refractivity contribution in [3.63, 3.8) is 0 Å². The number of hydrogen-bond acceptors (Lipinski definition) is 3. The predicted molar refractivity (Wildman–Crippen MR) is 27.1 cm³/mol. The van der Waals surface area contributed by atoms with E-state index in [1.54, 1.807) is 0 Å². The van der Waals surface area contributed by atoms with Crippen LogP contribution in [0, 0.1) is 0 Å². The fourth-order valence-electron chi connectivity index (χ4n) is 0.143. The summed E-state index contributed by atoms with van der Waals surface area (Å²) in [5.41, 5.74) is 0. The van der Waals surface area contributed by atoms with Crippen LogP contribution in [0.5, 0.6) is 0 Å². The first-order chi connectivity index (χ1) is 3.27. The molecular weight excluding hydrogens is 115 g/mol. The lowest BCUT2D eigenvalue weighted by Gasteiger charge is -1.90. The molecule has 3 nitrogen and oxygen atoms in total. The highest BCUT2D eigenvalue weighted by molar-refractivity contribution is 7.43. The minimum Gasteiger partial charge on any atom is -0.603 e. The van der Waals surface area contributed by atoms with Gasteiger partial charge in [0.1, 0.15) is 12.9 Å². The molecule has 0 aromatic carbocycles. The van der Waals surface area contributed by atoms with E-state index in [0.717, 1.165) is 0 Å². The Morgan fingerprint density at radius 3 is 2.57 bits per heavy atom. The van der Waals surface area contributed by atoms with E-state index in [-0.39, 0.29) is 13.2 Å². The van der Waals surface area contributed by atoms with E-state index in [4.69, 9.17) is 5.11 Å². The molecule has 1 atom stereocenters. The topological polar surface area (TPSA) is 52.5 Å². The summed E-state index contributed by atoms with van der Waals surface area (Å²) in [6.07, 6.45) is 3.05. The average molecular weight is 122 g/mol. The Kier molecular flexibility index (Phi) is 4.25. The van der Waals surface area contributed by atoms with Crippen molar-refractivity contribution < 1.29 is 14.5 Å². The molecule has 7 heavy (non-hydrogen) atoms. The molecular formula is C3H7O3P. The monoisotopic (exact) mass is 122 g/mol. The molecule has 0 aliphatic carbocycles. The third-order valence-corrected chi connectivity index (χ3v) is 0.797. The summed E-state index contributed by atoms with van der Waals surface area (Å²) < 4.78 is 4.34. The van der Waals surface area contributed by atoms with Crippen LogP contribution >= 0.6 is 8.00 Å². The van der Waals surface area contributed by atoms with Gasteiger partial charge in [-0.2, -0.15) is 4.52 Å². The highest BCUT2D eigenvalue weighted by Crippen LogP contribution is 2.05. The molecule has 0 bridgehead atoms. The normalized spacial score (nSPS) is 11.4. The van der Waals surface area contributed by atoms with Crippen molar-refractivity contribution in [3.8, 4) is 0 Å².